The quantitative estimate of drug-likeness (QED) is 0.864. The van der Waals surface area contributed by atoms with Crippen molar-refractivity contribution in [3.8, 4) is 17.2 Å². The summed E-state index contributed by atoms with van der Waals surface area (Å²) in [5.74, 6) is 2.57. The first-order chi connectivity index (χ1) is 11.7. The third kappa shape index (κ3) is 3.00. The van der Waals surface area contributed by atoms with Gasteiger partial charge in [-0.05, 0) is 43.9 Å². The van der Waals surface area contributed by atoms with E-state index in [1.165, 1.54) is 0 Å². The number of aromatic nitrogens is 2. The number of hydrogen-bond donors (Lipinski definition) is 0. The molecule has 1 atom stereocenters. The fourth-order valence-corrected chi connectivity index (χ4v) is 3.24. The summed E-state index contributed by atoms with van der Waals surface area (Å²) in [5.41, 5.74) is 0.842. The lowest BCUT2D eigenvalue weighted by Gasteiger charge is -2.31. The SMILES string of the molecule is COc1cccc(-c2nnc([C@H]3CCCN(C(=O)C4CC4)C3)o2)c1. The summed E-state index contributed by atoms with van der Waals surface area (Å²) >= 11 is 0. The van der Waals surface area contributed by atoms with Crippen LogP contribution in [0.5, 0.6) is 5.75 Å². The smallest absolute Gasteiger partial charge is 0.247 e. The zero-order valence-corrected chi connectivity index (χ0v) is 13.8. The van der Waals surface area contributed by atoms with Crippen molar-refractivity contribution in [1.29, 1.82) is 0 Å². The van der Waals surface area contributed by atoms with E-state index in [4.69, 9.17) is 9.15 Å². The van der Waals surface area contributed by atoms with E-state index in [2.05, 4.69) is 10.2 Å². The molecule has 126 valence electrons. The number of carbonyl (C=O) groups excluding carboxylic acids is 1. The van der Waals surface area contributed by atoms with Crippen LogP contribution < -0.4 is 4.74 Å². The van der Waals surface area contributed by atoms with Gasteiger partial charge in [0, 0.05) is 24.6 Å². The van der Waals surface area contributed by atoms with Crippen LogP contribution in [0, 0.1) is 5.92 Å². The topological polar surface area (TPSA) is 68.5 Å². The highest BCUT2D eigenvalue weighted by molar-refractivity contribution is 5.81. The second kappa shape index (κ2) is 6.26. The number of hydrogen-bond acceptors (Lipinski definition) is 5. The number of amides is 1. The fourth-order valence-electron chi connectivity index (χ4n) is 3.24. The van der Waals surface area contributed by atoms with E-state index in [1.807, 2.05) is 29.2 Å². The molecule has 6 nitrogen and oxygen atoms in total. The summed E-state index contributed by atoms with van der Waals surface area (Å²) in [7, 11) is 1.63. The molecule has 2 fully saturated rings. The van der Waals surface area contributed by atoms with Gasteiger partial charge in [0.1, 0.15) is 5.75 Å². The third-order valence-corrected chi connectivity index (χ3v) is 4.77. The predicted octanol–water partition coefficient (Wildman–Crippen LogP) is 2.86. The molecule has 2 aliphatic rings. The van der Waals surface area contributed by atoms with Crippen molar-refractivity contribution < 1.29 is 13.9 Å². The lowest BCUT2D eigenvalue weighted by atomic mass is 9.97. The van der Waals surface area contributed by atoms with Crippen LogP contribution in [0.2, 0.25) is 0 Å². The molecular weight excluding hydrogens is 306 g/mol. The van der Waals surface area contributed by atoms with E-state index in [1.54, 1.807) is 7.11 Å². The number of nitrogens with zero attached hydrogens (tertiary/aromatic N) is 3. The fraction of sp³-hybridized carbons (Fsp3) is 0.500. The molecule has 24 heavy (non-hydrogen) atoms. The van der Waals surface area contributed by atoms with Gasteiger partial charge in [-0.15, -0.1) is 10.2 Å². The molecule has 0 bridgehead atoms. The Kier molecular flexibility index (Phi) is 3.96. The van der Waals surface area contributed by atoms with Crippen molar-refractivity contribution in [1.82, 2.24) is 15.1 Å². The summed E-state index contributed by atoms with van der Waals surface area (Å²) in [6.07, 6.45) is 4.05. The molecule has 6 heteroatoms. The van der Waals surface area contributed by atoms with Crippen LogP contribution in [0.25, 0.3) is 11.5 Å². The van der Waals surface area contributed by atoms with Crippen LogP contribution in [0.4, 0.5) is 0 Å². The van der Waals surface area contributed by atoms with Crippen LogP contribution in [-0.2, 0) is 4.79 Å². The zero-order chi connectivity index (χ0) is 16.5. The summed E-state index contributed by atoms with van der Waals surface area (Å²) < 4.78 is 11.1. The average Bonchev–Trinajstić information content (AvgIpc) is 3.37. The first kappa shape index (κ1) is 15.2. The highest BCUT2D eigenvalue weighted by Crippen LogP contribution is 2.34. The summed E-state index contributed by atoms with van der Waals surface area (Å²) in [6.45, 7) is 1.54. The van der Waals surface area contributed by atoms with Gasteiger partial charge in [-0.1, -0.05) is 6.07 Å². The Labute approximate surface area is 140 Å². The first-order valence-corrected chi connectivity index (χ1v) is 8.51. The Morgan fingerprint density at radius 3 is 2.96 bits per heavy atom. The molecule has 0 N–H and O–H groups in total. The van der Waals surface area contributed by atoms with E-state index < -0.39 is 0 Å². The van der Waals surface area contributed by atoms with Crippen molar-refractivity contribution in [2.45, 2.75) is 31.6 Å². The van der Waals surface area contributed by atoms with E-state index in [9.17, 15) is 4.79 Å². The van der Waals surface area contributed by atoms with Gasteiger partial charge in [0.05, 0.1) is 13.0 Å². The van der Waals surface area contributed by atoms with Gasteiger partial charge in [0.15, 0.2) is 0 Å². The van der Waals surface area contributed by atoms with Gasteiger partial charge in [-0.3, -0.25) is 4.79 Å². The predicted molar refractivity (Wildman–Crippen MR) is 87.6 cm³/mol. The van der Waals surface area contributed by atoms with Crippen LogP contribution >= 0.6 is 0 Å². The molecule has 1 aliphatic heterocycles. The molecule has 1 saturated carbocycles. The molecule has 0 spiro atoms. The normalized spacial score (nSPS) is 20.9. The summed E-state index contributed by atoms with van der Waals surface area (Å²) in [5, 5.41) is 8.41. The number of carbonyl (C=O) groups is 1. The Morgan fingerprint density at radius 1 is 1.29 bits per heavy atom. The lowest BCUT2D eigenvalue weighted by Crippen LogP contribution is -2.40. The highest BCUT2D eigenvalue weighted by Gasteiger charge is 2.36. The van der Waals surface area contributed by atoms with Crippen LogP contribution in [-0.4, -0.2) is 41.2 Å². The number of likely N-dealkylation sites (tertiary alicyclic amines) is 1. The average molecular weight is 327 g/mol. The molecule has 1 aliphatic carbocycles. The molecule has 1 aromatic heterocycles. The van der Waals surface area contributed by atoms with Crippen molar-refractivity contribution in [3.05, 3.63) is 30.2 Å². The maximum absolute atomic E-state index is 12.3. The Balaban J connectivity index is 1.50. The monoisotopic (exact) mass is 327 g/mol. The van der Waals surface area contributed by atoms with E-state index in [0.717, 1.165) is 43.5 Å². The van der Waals surface area contributed by atoms with Crippen LogP contribution in [0.15, 0.2) is 28.7 Å². The van der Waals surface area contributed by atoms with Crippen molar-refractivity contribution >= 4 is 5.91 Å². The Morgan fingerprint density at radius 2 is 2.17 bits per heavy atom. The maximum atomic E-state index is 12.3. The molecule has 1 saturated heterocycles. The summed E-state index contributed by atoms with van der Waals surface area (Å²) in [4.78, 5) is 14.3. The van der Waals surface area contributed by atoms with E-state index in [0.29, 0.717) is 24.2 Å². The molecular formula is C18H21N3O3. The standard InChI is InChI=1S/C18H21N3O3/c1-23-15-6-2-4-13(10-15)16-19-20-17(24-16)14-5-3-9-21(11-14)18(22)12-7-8-12/h2,4,6,10,12,14H,3,5,7-9,11H2,1H3/t14-/m0/s1. The van der Waals surface area contributed by atoms with Gasteiger partial charge in [-0.2, -0.15) is 0 Å². The third-order valence-electron chi connectivity index (χ3n) is 4.77. The Hall–Kier alpha value is -2.37. The molecule has 1 aromatic carbocycles. The number of methoxy groups -OCH3 is 1. The minimum Gasteiger partial charge on any atom is -0.497 e. The van der Waals surface area contributed by atoms with Gasteiger partial charge in [-0.25, -0.2) is 0 Å². The van der Waals surface area contributed by atoms with Crippen LogP contribution in [0.1, 0.15) is 37.5 Å². The van der Waals surface area contributed by atoms with E-state index >= 15 is 0 Å². The van der Waals surface area contributed by atoms with Gasteiger partial charge < -0.3 is 14.1 Å². The van der Waals surface area contributed by atoms with Gasteiger partial charge in [0.25, 0.3) is 0 Å². The number of ether oxygens (including phenoxy) is 1. The van der Waals surface area contributed by atoms with E-state index in [-0.39, 0.29) is 11.8 Å². The molecule has 1 amide bonds. The number of rotatable bonds is 4. The molecule has 2 heterocycles. The van der Waals surface area contributed by atoms with Gasteiger partial charge in [0.2, 0.25) is 17.7 Å². The number of piperidine rings is 1. The first-order valence-electron chi connectivity index (χ1n) is 8.51. The van der Waals surface area contributed by atoms with Crippen LogP contribution in [0.3, 0.4) is 0 Å². The molecule has 4 rings (SSSR count). The molecule has 2 aromatic rings. The van der Waals surface area contributed by atoms with Crippen molar-refractivity contribution in [2.75, 3.05) is 20.2 Å². The minimum atomic E-state index is 0.133. The summed E-state index contributed by atoms with van der Waals surface area (Å²) in [6, 6.07) is 7.57. The Bertz CT molecular complexity index is 739. The van der Waals surface area contributed by atoms with Crippen molar-refractivity contribution in [2.24, 2.45) is 5.92 Å². The highest BCUT2D eigenvalue weighted by atomic mass is 16.5. The maximum Gasteiger partial charge on any atom is 0.247 e. The largest absolute Gasteiger partial charge is 0.497 e. The molecule has 0 unspecified atom stereocenters. The van der Waals surface area contributed by atoms with Crippen molar-refractivity contribution in [3.63, 3.8) is 0 Å². The van der Waals surface area contributed by atoms with Gasteiger partial charge >= 0.3 is 0 Å². The minimum absolute atomic E-state index is 0.133. The second-order valence-electron chi connectivity index (χ2n) is 6.58. The zero-order valence-electron chi connectivity index (χ0n) is 13.8. The molecule has 0 radical (unpaired) electrons. The lowest BCUT2D eigenvalue weighted by molar-refractivity contribution is -0.133. The second-order valence-corrected chi connectivity index (χ2v) is 6.58. The number of benzene rings is 1.